The maximum absolute atomic E-state index is 6.79. The first-order chi connectivity index (χ1) is 23.2. The topological polar surface area (TPSA) is 64.7 Å². The Kier molecular flexibility index (Phi) is 7.29. The number of benzene rings is 7. The molecule has 7 aromatic carbocycles. The molecule has 0 aliphatic carbocycles. The van der Waals surface area contributed by atoms with Gasteiger partial charge in [-0.15, -0.1) is 0 Å². The van der Waals surface area contributed by atoms with Crippen molar-refractivity contribution in [3.8, 4) is 67.5 Å². The van der Waals surface area contributed by atoms with Gasteiger partial charge >= 0.3 is 0 Å². The number of nitrogens with two attached hydrogens (primary N) is 1. The smallest absolute Gasteiger partial charge is 0.164 e. The van der Waals surface area contributed by atoms with Crippen LogP contribution in [0.25, 0.3) is 78.3 Å². The summed E-state index contributed by atoms with van der Waals surface area (Å²) in [5.74, 6) is 1.92. The fraction of sp³-hybridized carbons (Fsp3) is 0. The van der Waals surface area contributed by atoms with Crippen LogP contribution in [0, 0.1) is 0 Å². The maximum atomic E-state index is 6.79. The number of hydrogen-bond acceptors (Lipinski definition) is 4. The van der Waals surface area contributed by atoms with Crippen molar-refractivity contribution < 1.29 is 0 Å². The van der Waals surface area contributed by atoms with Crippen molar-refractivity contribution in [1.82, 2.24) is 15.0 Å². The monoisotopic (exact) mass is 602 g/mol. The fourth-order valence-corrected chi connectivity index (χ4v) is 6.15. The molecule has 0 amide bonds. The van der Waals surface area contributed by atoms with Crippen LogP contribution in [0.1, 0.15) is 0 Å². The van der Waals surface area contributed by atoms with E-state index in [0.29, 0.717) is 17.5 Å². The molecule has 0 saturated heterocycles. The first kappa shape index (κ1) is 28.1. The van der Waals surface area contributed by atoms with Gasteiger partial charge in [0.15, 0.2) is 17.5 Å². The van der Waals surface area contributed by atoms with Crippen LogP contribution in [0.15, 0.2) is 170 Å². The van der Waals surface area contributed by atoms with Crippen LogP contribution in [0.3, 0.4) is 0 Å². The van der Waals surface area contributed by atoms with E-state index in [-0.39, 0.29) is 0 Å². The van der Waals surface area contributed by atoms with Crippen LogP contribution in [-0.2, 0) is 0 Å². The van der Waals surface area contributed by atoms with Crippen LogP contribution >= 0.6 is 0 Å². The maximum Gasteiger partial charge on any atom is 0.164 e. The average Bonchev–Trinajstić information content (AvgIpc) is 3.15. The van der Waals surface area contributed by atoms with Crippen LogP contribution in [0.5, 0.6) is 0 Å². The molecule has 0 aliphatic heterocycles. The molecule has 1 aromatic heterocycles. The van der Waals surface area contributed by atoms with E-state index in [1.165, 1.54) is 16.3 Å². The number of nitrogen functional groups attached to an aromatic ring is 1. The van der Waals surface area contributed by atoms with E-state index in [1.54, 1.807) is 0 Å². The Morgan fingerprint density at radius 1 is 0.319 bits per heavy atom. The molecule has 2 N–H and O–H groups in total. The molecule has 222 valence electrons. The SMILES string of the molecule is Nc1cc(-c2ccc(-c3nc(-c4ccccc4)nc(-c4ccccc4)n3)cc2)ccc1-c1ccccc1-c1cccc2ccccc12. The molecule has 0 spiro atoms. The van der Waals surface area contributed by atoms with Gasteiger partial charge in [0.2, 0.25) is 0 Å². The van der Waals surface area contributed by atoms with Gasteiger partial charge in [-0.2, -0.15) is 0 Å². The minimum absolute atomic E-state index is 0.629. The minimum Gasteiger partial charge on any atom is -0.398 e. The number of nitrogens with zero attached hydrogens (tertiary/aromatic N) is 3. The predicted molar refractivity (Wildman–Crippen MR) is 194 cm³/mol. The molecule has 4 heteroatoms. The van der Waals surface area contributed by atoms with Crippen molar-refractivity contribution in [2.75, 3.05) is 5.73 Å². The van der Waals surface area contributed by atoms with Crippen molar-refractivity contribution in [2.24, 2.45) is 0 Å². The van der Waals surface area contributed by atoms with E-state index in [1.807, 2.05) is 60.7 Å². The third-order valence-corrected chi connectivity index (χ3v) is 8.52. The van der Waals surface area contributed by atoms with E-state index >= 15 is 0 Å². The first-order valence-corrected chi connectivity index (χ1v) is 15.7. The Hall–Kier alpha value is -6.39. The molecule has 0 atom stereocenters. The summed E-state index contributed by atoms with van der Waals surface area (Å²) in [4.78, 5) is 14.6. The summed E-state index contributed by atoms with van der Waals surface area (Å²) in [6.07, 6.45) is 0. The van der Waals surface area contributed by atoms with Gasteiger partial charge in [0, 0.05) is 27.9 Å². The van der Waals surface area contributed by atoms with Gasteiger partial charge in [-0.1, -0.05) is 164 Å². The number of rotatable bonds is 6. The molecule has 1 heterocycles. The standard InChI is InChI=1S/C43H30N4/c44-40-28-34(26-27-39(40)38-20-10-9-19-37(38)36-21-11-17-30-12-7-8-18-35(30)36)29-22-24-33(25-23-29)43-46-41(31-13-3-1-4-14-31)45-42(47-43)32-15-5-2-6-16-32/h1-28H,44H2. The van der Waals surface area contributed by atoms with Crippen LogP contribution in [-0.4, -0.2) is 15.0 Å². The van der Waals surface area contributed by atoms with Crippen molar-refractivity contribution in [1.29, 1.82) is 0 Å². The molecule has 4 nitrogen and oxygen atoms in total. The van der Waals surface area contributed by atoms with Crippen molar-refractivity contribution >= 4 is 16.5 Å². The zero-order valence-corrected chi connectivity index (χ0v) is 25.6. The zero-order chi connectivity index (χ0) is 31.6. The number of fused-ring (bicyclic) bond motifs is 1. The van der Waals surface area contributed by atoms with E-state index in [2.05, 4.69) is 109 Å². The predicted octanol–water partition coefficient (Wildman–Crippen LogP) is 10.6. The summed E-state index contributed by atoms with van der Waals surface area (Å²) in [5, 5.41) is 2.44. The lowest BCUT2D eigenvalue weighted by Crippen LogP contribution is -2.00. The first-order valence-electron chi connectivity index (χ1n) is 15.7. The van der Waals surface area contributed by atoms with Gasteiger partial charge in [-0.05, 0) is 44.7 Å². The molecule has 8 aromatic rings. The number of anilines is 1. The summed E-state index contributed by atoms with van der Waals surface area (Å²) in [6.45, 7) is 0. The molecular weight excluding hydrogens is 573 g/mol. The quantitative estimate of drug-likeness (QED) is 0.192. The Morgan fingerprint density at radius 3 is 1.38 bits per heavy atom. The van der Waals surface area contributed by atoms with Crippen molar-refractivity contribution in [2.45, 2.75) is 0 Å². The normalized spacial score (nSPS) is 11.1. The second-order valence-corrected chi connectivity index (χ2v) is 11.5. The highest BCUT2D eigenvalue weighted by Gasteiger charge is 2.15. The molecule has 0 unspecified atom stereocenters. The van der Waals surface area contributed by atoms with E-state index in [0.717, 1.165) is 50.2 Å². The molecule has 0 saturated carbocycles. The lowest BCUT2D eigenvalue weighted by molar-refractivity contribution is 1.07. The molecule has 8 rings (SSSR count). The fourth-order valence-electron chi connectivity index (χ4n) is 6.15. The van der Waals surface area contributed by atoms with Crippen molar-refractivity contribution in [3.05, 3.63) is 170 Å². The zero-order valence-electron chi connectivity index (χ0n) is 25.6. The summed E-state index contributed by atoms with van der Waals surface area (Å²) < 4.78 is 0. The Bertz CT molecular complexity index is 2290. The van der Waals surface area contributed by atoms with Crippen LogP contribution in [0.4, 0.5) is 5.69 Å². The van der Waals surface area contributed by atoms with Gasteiger partial charge in [0.1, 0.15) is 0 Å². The molecule has 0 aliphatic rings. The Labute approximate surface area is 273 Å². The molecule has 47 heavy (non-hydrogen) atoms. The largest absolute Gasteiger partial charge is 0.398 e. The second-order valence-electron chi connectivity index (χ2n) is 11.5. The molecule has 0 radical (unpaired) electrons. The van der Waals surface area contributed by atoms with E-state index in [9.17, 15) is 0 Å². The lowest BCUT2D eigenvalue weighted by atomic mass is 9.90. The van der Waals surface area contributed by atoms with Crippen LogP contribution in [0.2, 0.25) is 0 Å². The highest BCUT2D eigenvalue weighted by Crippen LogP contribution is 2.39. The summed E-state index contributed by atoms with van der Waals surface area (Å²) in [7, 11) is 0. The number of aromatic nitrogens is 3. The summed E-state index contributed by atoms with van der Waals surface area (Å²) in [6, 6.07) is 58.2. The summed E-state index contributed by atoms with van der Waals surface area (Å²) in [5.41, 5.74) is 16.9. The summed E-state index contributed by atoms with van der Waals surface area (Å²) >= 11 is 0. The Balaban J connectivity index is 1.14. The minimum atomic E-state index is 0.629. The third kappa shape index (κ3) is 5.54. The molecule has 0 fully saturated rings. The lowest BCUT2D eigenvalue weighted by Gasteiger charge is -2.15. The highest BCUT2D eigenvalue weighted by molar-refractivity contribution is 6.01. The highest BCUT2D eigenvalue weighted by atomic mass is 15.0. The van der Waals surface area contributed by atoms with E-state index in [4.69, 9.17) is 20.7 Å². The van der Waals surface area contributed by atoms with Gasteiger partial charge in [0.25, 0.3) is 0 Å². The number of hydrogen-bond donors (Lipinski definition) is 1. The average molecular weight is 603 g/mol. The van der Waals surface area contributed by atoms with E-state index < -0.39 is 0 Å². The van der Waals surface area contributed by atoms with Crippen LogP contribution < -0.4 is 5.73 Å². The molecule has 0 bridgehead atoms. The van der Waals surface area contributed by atoms with Gasteiger partial charge in [0.05, 0.1) is 0 Å². The van der Waals surface area contributed by atoms with Gasteiger partial charge in [-0.3, -0.25) is 0 Å². The second kappa shape index (κ2) is 12.2. The van der Waals surface area contributed by atoms with Gasteiger partial charge in [-0.25, -0.2) is 15.0 Å². The third-order valence-electron chi connectivity index (χ3n) is 8.52. The van der Waals surface area contributed by atoms with Gasteiger partial charge < -0.3 is 5.73 Å². The molecular formula is C43H30N4. The Morgan fingerprint density at radius 2 is 0.766 bits per heavy atom. The van der Waals surface area contributed by atoms with Crippen molar-refractivity contribution in [3.63, 3.8) is 0 Å².